The highest BCUT2D eigenvalue weighted by molar-refractivity contribution is 5.94. The highest BCUT2D eigenvalue weighted by Gasteiger charge is 2.24. The number of hydrogen-bond acceptors (Lipinski definition) is 3. The molecule has 2 aromatic heterocycles. The number of nitrogens with one attached hydrogen (secondary N) is 1. The minimum absolute atomic E-state index is 0.0769. The molecule has 27 heavy (non-hydrogen) atoms. The van der Waals surface area contributed by atoms with Gasteiger partial charge in [0.25, 0.3) is 5.91 Å². The second-order valence-corrected chi connectivity index (χ2v) is 6.78. The molecule has 1 N–H and O–H groups in total. The Hall–Kier alpha value is -3.02. The summed E-state index contributed by atoms with van der Waals surface area (Å²) in [4.78, 5) is 21.3. The van der Waals surface area contributed by atoms with Crippen molar-refractivity contribution in [2.45, 2.75) is 38.8 Å². The second-order valence-electron chi connectivity index (χ2n) is 6.78. The van der Waals surface area contributed by atoms with Crippen LogP contribution in [0, 0.1) is 5.82 Å². The summed E-state index contributed by atoms with van der Waals surface area (Å²) in [7, 11) is 0. The first-order valence-electron chi connectivity index (χ1n) is 9.19. The van der Waals surface area contributed by atoms with E-state index in [9.17, 15) is 9.18 Å². The van der Waals surface area contributed by atoms with E-state index in [4.69, 9.17) is 0 Å². The van der Waals surface area contributed by atoms with Crippen molar-refractivity contribution in [2.75, 3.05) is 0 Å². The largest absolute Gasteiger partial charge is 0.349 e. The predicted octanol–water partition coefficient (Wildman–Crippen LogP) is 3.39. The fourth-order valence-electron chi connectivity index (χ4n) is 3.57. The molecule has 0 saturated heterocycles. The van der Waals surface area contributed by atoms with Gasteiger partial charge < -0.3 is 9.88 Å². The maximum absolute atomic E-state index is 13.4. The summed E-state index contributed by atoms with van der Waals surface area (Å²) in [5, 5.41) is 3.08. The first-order chi connectivity index (χ1) is 13.1. The van der Waals surface area contributed by atoms with E-state index in [0.717, 1.165) is 31.5 Å². The lowest BCUT2D eigenvalue weighted by Gasteiger charge is -2.23. The predicted molar refractivity (Wildman–Crippen MR) is 101 cm³/mol. The molecule has 0 spiro atoms. The Morgan fingerprint density at radius 1 is 1.30 bits per heavy atom. The molecule has 1 aliphatic carbocycles. The van der Waals surface area contributed by atoms with Crippen LogP contribution >= 0.6 is 0 Å². The maximum atomic E-state index is 13.4. The van der Waals surface area contributed by atoms with E-state index in [1.165, 1.54) is 24.0 Å². The topological polar surface area (TPSA) is 59.8 Å². The number of hydrogen-bond donors (Lipinski definition) is 1. The van der Waals surface area contributed by atoms with E-state index >= 15 is 0 Å². The third-order valence-corrected chi connectivity index (χ3v) is 5.02. The van der Waals surface area contributed by atoms with E-state index in [2.05, 4.69) is 26.8 Å². The molecule has 1 aromatic carbocycles. The van der Waals surface area contributed by atoms with Gasteiger partial charge in [-0.15, -0.1) is 0 Å². The van der Waals surface area contributed by atoms with Crippen molar-refractivity contribution < 1.29 is 9.18 Å². The molecule has 1 atom stereocenters. The van der Waals surface area contributed by atoms with Gasteiger partial charge in [0.15, 0.2) is 0 Å². The van der Waals surface area contributed by atoms with Gasteiger partial charge in [-0.3, -0.25) is 9.78 Å². The Morgan fingerprint density at radius 3 is 2.93 bits per heavy atom. The number of carbonyl (C=O) groups is 1. The number of amides is 1. The normalized spacial score (nSPS) is 16.0. The molecule has 1 unspecified atom stereocenters. The van der Waals surface area contributed by atoms with Crippen LogP contribution in [0.4, 0.5) is 4.39 Å². The third kappa shape index (κ3) is 3.60. The Balaban J connectivity index is 1.43. The lowest BCUT2D eigenvalue weighted by molar-refractivity contribution is 0.0933. The fourth-order valence-corrected chi connectivity index (χ4v) is 3.57. The van der Waals surface area contributed by atoms with E-state index in [1.54, 1.807) is 24.3 Å². The molecule has 4 rings (SSSR count). The Labute approximate surface area is 157 Å². The molecule has 0 fully saturated rings. The van der Waals surface area contributed by atoms with Gasteiger partial charge in [-0.1, -0.05) is 12.1 Å². The van der Waals surface area contributed by atoms with Crippen molar-refractivity contribution in [1.82, 2.24) is 19.9 Å². The highest BCUT2D eigenvalue weighted by atomic mass is 19.1. The summed E-state index contributed by atoms with van der Waals surface area (Å²) < 4.78 is 15.5. The number of halogens is 1. The van der Waals surface area contributed by atoms with Crippen molar-refractivity contribution >= 4 is 5.91 Å². The molecule has 1 aliphatic rings. The van der Waals surface area contributed by atoms with Crippen LogP contribution in [0.15, 0.2) is 48.9 Å². The quantitative estimate of drug-likeness (QED) is 0.772. The molecule has 2 heterocycles. The van der Waals surface area contributed by atoms with Crippen LogP contribution in [0.1, 0.15) is 35.1 Å². The number of aromatic nitrogens is 3. The fraction of sp³-hybridized carbons (Fsp3) is 0.286. The van der Waals surface area contributed by atoms with Crippen molar-refractivity contribution in [3.05, 3.63) is 71.7 Å². The molecule has 6 heteroatoms. The first-order valence-corrected chi connectivity index (χ1v) is 9.19. The van der Waals surface area contributed by atoms with Crippen LogP contribution in [0.25, 0.3) is 11.3 Å². The second kappa shape index (κ2) is 7.31. The summed E-state index contributed by atoms with van der Waals surface area (Å²) in [6.45, 7) is 3.03. The molecule has 0 radical (unpaired) electrons. The number of aryl methyl sites for hydroxylation is 1. The van der Waals surface area contributed by atoms with Crippen LogP contribution in [0.2, 0.25) is 0 Å². The smallest absolute Gasteiger partial charge is 0.253 e. The van der Waals surface area contributed by atoms with E-state index < -0.39 is 0 Å². The first kappa shape index (κ1) is 17.4. The third-order valence-electron chi connectivity index (χ3n) is 5.02. The lowest BCUT2D eigenvalue weighted by atomic mass is 9.95. The van der Waals surface area contributed by atoms with E-state index in [-0.39, 0.29) is 17.8 Å². The number of rotatable bonds is 4. The molecule has 0 aliphatic heterocycles. The van der Waals surface area contributed by atoms with Gasteiger partial charge in [0.1, 0.15) is 5.82 Å². The number of imidazole rings is 1. The summed E-state index contributed by atoms with van der Waals surface area (Å²) in [5.74, 6) is -0.449. The average molecular weight is 364 g/mol. The van der Waals surface area contributed by atoms with Crippen molar-refractivity contribution in [3.8, 4) is 11.3 Å². The SMILES string of the molecule is CCn1cnc2c1CCC(NC(=O)c1ccc(-c3cccc(F)c3)nc1)C2. The van der Waals surface area contributed by atoms with Crippen LogP contribution < -0.4 is 5.32 Å². The van der Waals surface area contributed by atoms with Gasteiger partial charge in [0.2, 0.25) is 0 Å². The van der Waals surface area contributed by atoms with Crippen LogP contribution in [0.3, 0.4) is 0 Å². The van der Waals surface area contributed by atoms with Crippen LogP contribution in [0.5, 0.6) is 0 Å². The number of nitrogens with zero attached hydrogens (tertiary/aromatic N) is 3. The average Bonchev–Trinajstić information content (AvgIpc) is 3.10. The van der Waals surface area contributed by atoms with E-state index in [1.807, 2.05) is 6.33 Å². The van der Waals surface area contributed by atoms with E-state index in [0.29, 0.717) is 16.8 Å². The number of benzene rings is 1. The summed E-state index contributed by atoms with van der Waals surface area (Å²) in [6.07, 6.45) is 5.99. The standard InChI is InChI=1S/C21H21FN4O/c1-2-26-13-24-19-11-17(7-9-20(19)26)25-21(27)15-6-8-18(23-12-15)14-4-3-5-16(22)10-14/h3-6,8,10,12-13,17H,2,7,9,11H2,1H3,(H,25,27). The number of carbonyl (C=O) groups excluding carboxylic acids is 1. The molecule has 1 amide bonds. The zero-order valence-corrected chi connectivity index (χ0v) is 15.2. The minimum Gasteiger partial charge on any atom is -0.349 e. The molecule has 138 valence electrons. The van der Waals surface area contributed by atoms with Gasteiger partial charge in [-0.2, -0.15) is 0 Å². The minimum atomic E-state index is -0.307. The molecule has 0 bridgehead atoms. The molecule has 3 aromatic rings. The van der Waals surface area contributed by atoms with Crippen molar-refractivity contribution in [1.29, 1.82) is 0 Å². The number of pyridine rings is 1. The zero-order valence-electron chi connectivity index (χ0n) is 15.2. The Kier molecular flexibility index (Phi) is 4.71. The highest BCUT2D eigenvalue weighted by Crippen LogP contribution is 2.21. The van der Waals surface area contributed by atoms with Crippen molar-refractivity contribution in [2.24, 2.45) is 0 Å². The Bertz CT molecular complexity index is 965. The molecule has 0 saturated carbocycles. The van der Waals surface area contributed by atoms with Crippen LogP contribution in [-0.2, 0) is 19.4 Å². The van der Waals surface area contributed by atoms with Crippen molar-refractivity contribution in [3.63, 3.8) is 0 Å². The summed E-state index contributed by atoms with van der Waals surface area (Å²) >= 11 is 0. The van der Waals surface area contributed by atoms with Gasteiger partial charge in [-0.25, -0.2) is 9.37 Å². The monoisotopic (exact) mass is 364 g/mol. The summed E-state index contributed by atoms with van der Waals surface area (Å²) in [6, 6.07) is 9.80. The van der Waals surface area contributed by atoms with Gasteiger partial charge in [0, 0.05) is 36.5 Å². The molecular formula is C21H21FN4O. The maximum Gasteiger partial charge on any atom is 0.253 e. The van der Waals surface area contributed by atoms with Crippen LogP contribution in [-0.4, -0.2) is 26.5 Å². The summed E-state index contributed by atoms with van der Waals surface area (Å²) in [5.41, 5.74) is 4.18. The van der Waals surface area contributed by atoms with Gasteiger partial charge >= 0.3 is 0 Å². The van der Waals surface area contributed by atoms with Gasteiger partial charge in [-0.05, 0) is 44.0 Å². The molecular weight excluding hydrogens is 343 g/mol. The zero-order chi connectivity index (χ0) is 18.8. The lowest BCUT2D eigenvalue weighted by Crippen LogP contribution is -2.39. The Morgan fingerprint density at radius 2 is 2.19 bits per heavy atom. The molecule has 5 nitrogen and oxygen atoms in total. The number of fused-ring (bicyclic) bond motifs is 1. The van der Waals surface area contributed by atoms with Gasteiger partial charge in [0.05, 0.1) is 23.3 Å².